The normalized spacial score (nSPS) is 10.8. The van der Waals surface area contributed by atoms with Crippen LogP contribution < -0.4 is 5.32 Å². The van der Waals surface area contributed by atoms with Gasteiger partial charge in [-0.1, -0.05) is 17.7 Å². The summed E-state index contributed by atoms with van der Waals surface area (Å²) in [6.07, 6.45) is 0. The van der Waals surface area contributed by atoms with Gasteiger partial charge in [0.25, 0.3) is 5.91 Å². The molecule has 0 spiro atoms. The van der Waals surface area contributed by atoms with Crippen molar-refractivity contribution in [3.05, 3.63) is 34.9 Å². The number of nitriles is 1. The van der Waals surface area contributed by atoms with Crippen LogP contribution in [0.25, 0.3) is 0 Å². The molecule has 0 aliphatic carbocycles. The quantitative estimate of drug-likeness (QED) is 0.867. The minimum absolute atomic E-state index is 0.120. The van der Waals surface area contributed by atoms with Gasteiger partial charge in [-0.3, -0.25) is 4.79 Å². The Hall–Kier alpha value is -1.82. The Balaban J connectivity index is 2.75. The Labute approximate surface area is 102 Å². The summed E-state index contributed by atoms with van der Waals surface area (Å²) >= 11 is 0. The maximum atomic E-state index is 11.9. The van der Waals surface area contributed by atoms with E-state index in [0.717, 1.165) is 11.1 Å². The zero-order valence-corrected chi connectivity index (χ0v) is 10.8. The van der Waals surface area contributed by atoms with Gasteiger partial charge in [-0.15, -0.1) is 0 Å². The molecule has 0 aromatic heterocycles. The third-order valence-electron chi connectivity index (χ3n) is 2.62. The topological polar surface area (TPSA) is 52.9 Å². The lowest BCUT2D eigenvalue weighted by Crippen LogP contribution is -2.33. The van der Waals surface area contributed by atoms with Crippen molar-refractivity contribution in [3.8, 4) is 6.07 Å². The Kier molecular flexibility index (Phi) is 3.90. The van der Waals surface area contributed by atoms with Crippen molar-refractivity contribution < 1.29 is 4.79 Å². The van der Waals surface area contributed by atoms with Crippen LogP contribution in [0.1, 0.15) is 35.3 Å². The van der Waals surface area contributed by atoms with Gasteiger partial charge in [-0.05, 0) is 39.3 Å². The second-order valence-corrected chi connectivity index (χ2v) is 5.00. The van der Waals surface area contributed by atoms with Crippen LogP contribution in [0.15, 0.2) is 18.2 Å². The fourth-order valence-corrected chi connectivity index (χ4v) is 1.50. The molecule has 0 atom stereocenters. The van der Waals surface area contributed by atoms with Crippen LogP contribution >= 0.6 is 0 Å². The molecule has 1 amide bonds. The summed E-state index contributed by atoms with van der Waals surface area (Å²) in [7, 11) is 0. The second-order valence-electron chi connectivity index (χ2n) is 5.00. The van der Waals surface area contributed by atoms with Crippen LogP contribution in [0.2, 0.25) is 0 Å². The van der Waals surface area contributed by atoms with E-state index in [9.17, 15) is 4.79 Å². The molecule has 0 aliphatic rings. The minimum atomic E-state index is -0.533. The van der Waals surface area contributed by atoms with Crippen LogP contribution in [0.3, 0.4) is 0 Å². The summed E-state index contributed by atoms with van der Waals surface area (Å²) in [5.41, 5.74) is 2.23. The summed E-state index contributed by atoms with van der Waals surface area (Å²) in [4.78, 5) is 11.9. The smallest absolute Gasteiger partial charge is 0.251 e. The predicted octanol–water partition coefficient (Wildman–Crippen LogP) is 2.58. The van der Waals surface area contributed by atoms with Crippen LogP contribution in [0.4, 0.5) is 0 Å². The summed E-state index contributed by atoms with van der Waals surface area (Å²) < 4.78 is 0. The highest BCUT2D eigenvalue weighted by molar-refractivity contribution is 5.95. The number of aryl methyl sites for hydroxylation is 2. The highest BCUT2D eigenvalue weighted by atomic mass is 16.1. The molecule has 17 heavy (non-hydrogen) atoms. The first-order valence-corrected chi connectivity index (χ1v) is 5.62. The number of hydrogen-bond acceptors (Lipinski definition) is 2. The van der Waals surface area contributed by atoms with E-state index in [2.05, 4.69) is 11.4 Å². The maximum Gasteiger partial charge on any atom is 0.251 e. The average molecular weight is 230 g/mol. The summed E-state index contributed by atoms with van der Waals surface area (Å²) in [6.45, 7) is 7.87. The summed E-state index contributed by atoms with van der Waals surface area (Å²) in [6, 6.07) is 7.87. The Bertz CT molecular complexity index is 470. The van der Waals surface area contributed by atoms with Gasteiger partial charge in [0.1, 0.15) is 0 Å². The highest BCUT2D eigenvalue weighted by Gasteiger charge is 2.18. The lowest BCUT2D eigenvalue weighted by Gasteiger charge is -2.16. The lowest BCUT2D eigenvalue weighted by molar-refractivity contribution is 0.0943. The fraction of sp³-hybridized carbons (Fsp3) is 0.429. The summed E-state index contributed by atoms with van der Waals surface area (Å²) in [5, 5.41) is 11.7. The molecule has 0 unspecified atom stereocenters. The van der Waals surface area contributed by atoms with Gasteiger partial charge in [-0.2, -0.15) is 5.26 Å². The van der Waals surface area contributed by atoms with Crippen molar-refractivity contribution in [2.75, 3.05) is 6.54 Å². The monoisotopic (exact) mass is 230 g/mol. The number of rotatable bonds is 3. The van der Waals surface area contributed by atoms with E-state index in [1.807, 2.05) is 32.0 Å². The van der Waals surface area contributed by atoms with Gasteiger partial charge in [0.05, 0.1) is 11.5 Å². The lowest BCUT2D eigenvalue weighted by atomic mass is 9.95. The van der Waals surface area contributed by atoms with E-state index < -0.39 is 5.41 Å². The molecular formula is C14H18N2O. The Morgan fingerprint density at radius 1 is 1.41 bits per heavy atom. The molecular weight excluding hydrogens is 212 g/mol. The zero-order valence-electron chi connectivity index (χ0n) is 10.8. The number of carbonyl (C=O) groups excluding carboxylic acids is 1. The number of carbonyl (C=O) groups is 1. The Morgan fingerprint density at radius 2 is 2.06 bits per heavy atom. The number of benzene rings is 1. The van der Waals surface area contributed by atoms with E-state index in [4.69, 9.17) is 5.26 Å². The molecule has 3 heteroatoms. The van der Waals surface area contributed by atoms with E-state index in [1.165, 1.54) is 0 Å². The fourth-order valence-electron chi connectivity index (χ4n) is 1.50. The molecule has 0 heterocycles. The standard InChI is InChI=1S/C14H18N2O/c1-10-5-6-12(11(2)7-10)13(17)16-9-14(3,4)8-15/h5-7H,9H2,1-4H3,(H,16,17). The van der Waals surface area contributed by atoms with E-state index in [0.29, 0.717) is 12.1 Å². The van der Waals surface area contributed by atoms with Crippen molar-refractivity contribution in [2.24, 2.45) is 5.41 Å². The van der Waals surface area contributed by atoms with E-state index >= 15 is 0 Å². The van der Waals surface area contributed by atoms with Gasteiger partial charge in [0, 0.05) is 12.1 Å². The zero-order chi connectivity index (χ0) is 13.1. The van der Waals surface area contributed by atoms with Crippen LogP contribution in [0.5, 0.6) is 0 Å². The molecule has 90 valence electrons. The van der Waals surface area contributed by atoms with Crippen LogP contribution in [0, 0.1) is 30.6 Å². The Morgan fingerprint density at radius 3 is 2.59 bits per heavy atom. The van der Waals surface area contributed by atoms with Crippen molar-refractivity contribution in [3.63, 3.8) is 0 Å². The molecule has 0 saturated carbocycles. The first-order valence-electron chi connectivity index (χ1n) is 5.62. The van der Waals surface area contributed by atoms with Gasteiger partial charge in [0.15, 0.2) is 0 Å². The van der Waals surface area contributed by atoms with Gasteiger partial charge in [0.2, 0.25) is 0 Å². The molecule has 1 aromatic rings. The van der Waals surface area contributed by atoms with Gasteiger partial charge >= 0.3 is 0 Å². The number of nitrogens with zero attached hydrogens (tertiary/aromatic N) is 1. The van der Waals surface area contributed by atoms with Gasteiger partial charge in [-0.25, -0.2) is 0 Å². The van der Waals surface area contributed by atoms with Crippen molar-refractivity contribution in [1.82, 2.24) is 5.32 Å². The molecule has 0 saturated heterocycles. The van der Waals surface area contributed by atoms with Crippen molar-refractivity contribution in [1.29, 1.82) is 5.26 Å². The molecule has 0 aliphatic heterocycles. The largest absolute Gasteiger partial charge is 0.350 e. The molecule has 3 nitrogen and oxygen atoms in total. The van der Waals surface area contributed by atoms with Gasteiger partial charge < -0.3 is 5.32 Å². The number of amides is 1. The molecule has 1 aromatic carbocycles. The third-order valence-corrected chi connectivity index (χ3v) is 2.62. The SMILES string of the molecule is Cc1ccc(C(=O)NCC(C)(C)C#N)c(C)c1. The van der Waals surface area contributed by atoms with Crippen molar-refractivity contribution >= 4 is 5.91 Å². The van der Waals surface area contributed by atoms with Crippen LogP contribution in [-0.4, -0.2) is 12.5 Å². The summed E-state index contributed by atoms with van der Waals surface area (Å²) in [5.74, 6) is -0.120. The minimum Gasteiger partial charge on any atom is -0.350 e. The first kappa shape index (κ1) is 13.2. The van der Waals surface area contributed by atoms with E-state index in [-0.39, 0.29) is 5.91 Å². The first-order chi connectivity index (χ1) is 7.85. The molecule has 0 fully saturated rings. The third kappa shape index (κ3) is 3.60. The van der Waals surface area contributed by atoms with Crippen LogP contribution in [-0.2, 0) is 0 Å². The molecule has 1 N–H and O–H groups in total. The maximum absolute atomic E-state index is 11.9. The number of hydrogen-bond donors (Lipinski definition) is 1. The molecule has 1 rings (SSSR count). The second kappa shape index (κ2) is 5.01. The van der Waals surface area contributed by atoms with Crippen molar-refractivity contribution in [2.45, 2.75) is 27.7 Å². The molecule has 0 radical (unpaired) electrons. The highest BCUT2D eigenvalue weighted by Crippen LogP contribution is 2.13. The average Bonchev–Trinajstić information content (AvgIpc) is 2.26. The van der Waals surface area contributed by atoms with E-state index in [1.54, 1.807) is 13.8 Å². The number of nitrogens with one attached hydrogen (secondary N) is 1. The molecule has 0 bridgehead atoms. The predicted molar refractivity (Wildman–Crippen MR) is 67.6 cm³/mol.